The summed E-state index contributed by atoms with van der Waals surface area (Å²) in [6, 6.07) is 11.2. The number of rotatable bonds is 4. The molecule has 21 heavy (non-hydrogen) atoms. The van der Waals surface area contributed by atoms with E-state index in [0.29, 0.717) is 17.8 Å². The smallest absolute Gasteiger partial charge is 0.254 e. The van der Waals surface area contributed by atoms with Crippen LogP contribution in [0.2, 0.25) is 0 Å². The Morgan fingerprint density at radius 3 is 2.62 bits per heavy atom. The number of aromatic nitrogens is 1. The third-order valence-electron chi connectivity index (χ3n) is 3.42. The molecule has 0 atom stereocenters. The van der Waals surface area contributed by atoms with Crippen molar-refractivity contribution in [2.75, 3.05) is 5.73 Å². The molecule has 0 saturated heterocycles. The Bertz CT molecular complexity index is 623. The number of pyridine rings is 1. The zero-order chi connectivity index (χ0) is 15.4. The molecule has 0 bridgehead atoms. The van der Waals surface area contributed by atoms with Crippen molar-refractivity contribution in [2.24, 2.45) is 0 Å². The van der Waals surface area contributed by atoms with Crippen LogP contribution in [0.1, 0.15) is 35.5 Å². The van der Waals surface area contributed by atoms with Crippen molar-refractivity contribution in [1.29, 1.82) is 0 Å². The van der Waals surface area contributed by atoms with Crippen LogP contribution in [0, 0.1) is 6.92 Å². The first-order chi connectivity index (χ1) is 9.99. The van der Waals surface area contributed by atoms with Gasteiger partial charge >= 0.3 is 0 Å². The van der Waals surface area contributed by atoms with Crippen LogP contribution in [0.4, 0.5) is 5.69 Å². The second-order valence-electron chi connectivity index (χ2n) is 5.42. The lowest BCUT2D eigenvalue weighted by Crippen LogP contribution is -2.37. The first-order valence-corrected chi connectivity index (χ1v) is 7.06. The summed E-state index contributed by atoms with van der Waals surface area (Å²) in [6.07, 6.45) is 1.74. The van der Waals surface area contributed by atoms with Crippen molar-refractivity contribution in [1.82, 2.24) is 9.88 Å². The van der Waals surface area contributed by atoms with Gasteiger partial charge in [-0.1, -0.05) is 6.07 Å². The van der Waals surface area contributed by atoms with Crippen molar-refractivity contribution in [3.63, 3.8) is 0 Å². The van der Waals surface area contributed by atoms with E-state index in [-0.39, 0.29) is 11.9 Å². The highest BCUT2D eigenvalue weighted by Crippen LogP contribution is 2.17. The molecule has 1 heterocycles. The minimum Gasteiger partial charge on any atom is -0.399 e. The molecule has 0 saturated carbocycles. The maximum absolute atomic E-state index is 12.8. The van der Waals surface area contributed by atoms with Crippen molar-refractivity contribution < 1.29 is 4.79 Å². The number of nitrogens with two attached hydrogens (primary N) is 1. The Balaban J connectivity index is 2.27. The topological polar surface area (TPSA) is 59.2 Å². The van der Waals surface area contributed by atoms with Gasteiger partial charge in [0.05, 0.1) is 12.2 Å². The molecule has 1 aromatic carbocycles. The highest BCUT2D eigenvalue weighted by atomic mass is 16.2. The van der Waals surface area contributed by atoms with Crippen molar-refractivity contribution in [3.8, 4) is 0 Å². The normalized spacial score (nSPS) is 10.7. The fourth-order valence-electron chi connectivity index (χ4n) is 2.24. The fraction of sp³-hybridized carbons (Fsp3) is 0.294. The monoisotopic (exact) mass is 283 g/mol. The predicted molar refractivity (Wildman–Crippen MR) is 84.8 cm³/mol. The summed E-state index contributed by atoms with van der Waals surface area (Å²) in [5.74, 6) is 0.00755. The molecule has 2 rings (SSSR count). The average molecular weight is 283 g/mol. The maximum Gasteiger partial charge on any atom is 0.254 e. The van der Waals surface area contributed by atoms with Gasteiger partial charge in [-0.15, -0.1) is 0 Å². The van der Waals surface area contributed by atoms with E-state index in [4.69, 9.17) is 5.73 Å². The lowest BCUT2D eigenvalue weighted by molar-refractivity contribution is 0.0687. The summed E-state index contributed by atoms with van der Waals surface area (Å²) in [5.41, 5.74) is 8.89. The molecule has 1 aromatic heterocycles. The third kappa shape index (κ3) is 3.60. The standard InChI is InChI=1S/C17H21N3O/c1-12(2)20(11-15-6-4-5-9-19-15)17(21)16-8-7-14(18)10-13(16)3/h4-10,12H,11,18H2,1-3H3. The van der Waals surface area contributed by atoms with Crippen LogP contribution in [-0.4, -0.2) is 21.8 Å². The molecule has 0 aliphatic rings. The molecule has 0 fully saturated rings. The van der Waals surface area contributed by atoms with Gasteiger partial charge in [-0.2, -0.15) is 0 Å². The molecule has 1 amide bonds. The van der Waals surface area contributed by atoms with Crippen LogP contribution in [0.25, 0.3) is 0 Å². The Kier molecular flexibility index (Phi) is 4.58. The molecular formula is C17H21N3O. The Morgan fingerprint density at radius 2 is 2.05 bits per heavy atom. The first-order valence-electron chi connectivity index (χ1n) is 7.06. The van der Waals surface area contributed by atoms with E-state index in [2.05, 4.69) is 4.98 Å². The van der Waals surface area contributed by atoms with Crippen molar-refractivity contribution in [3.05, 3.63) is 59.4 Å². The molecule has 0 aliphatic carbocycles. The molecule has 0 radical (unpaired) electrons. The van der Waals surface area contributed by atoms with E-state index in [1.54, 1.807) is 18.3 Å². The molecule has 2 aromatic rings. The number of hydrogen-bond donors (Lipinski definition) is 1. The number of anilines is 1. The van der Waals surface area contributed by atoms with Gasteiger partial charge in [0.1, 0.15) is 0 Å². The minimum absolute atomic E-state index is 0.00755. The van der Waals surface area contributed by atoms with Gasteiger partial charge in [-0.25, -0.2) is 0 Å². The highest BCUT2D eigenvalue weighted by Gasteiger charge is 2.21. The highest BCUT2D eigenvalue weighted by molar-refractivity contribution is 5.96. The Labute approximate surface area is 125 Å². The van der Waals surface area contributed by atoms with Crippen molar-refractivity contribution in [2.45, 2.75) is 33.4 Å². The first kappa shape index (κ1) is 15.0. The summed E-state index contributed by atoms with van der Waals surface area (Å²) in [7, 11) is 0. The number of amides is 1. The van der Waals surface area contributed by atoms with Gasteiger partial charge in [-0.3, -0.25) is 9.78 Å². The van der Waals surface area contributed by atoms with E-state index in [1.807, 2.05) is 49.9 Å². The SMILES string of the molecule is Cc1cc(N)ccc1C(=O)N(Cc1ccccn1)C(C)C. The molecule has 110 valence electrons. The fourth-order valence-corrected chi connectivity index (χ4v) is 2.24. The largest absolute Gasteiger partial charge is 0.399 e. The van der Waals surface area contributed by atoms with E-state index in [9.17, 15) is 4.79 Å². The van der Waals surface area contributed by atoms with Gasteiger partial charge in [0.15, 0.2) is 0 Å². The summed E-state index contributed by atoms with van der Waals surface area (Å²) in [4.78, 5) is 18.9. The summed E-state index contributed by atoms with van der Waals surface area (Å²) < 4.78 is 0. The summed E-state index contributed by atoms with van der Waals surface area (Å²) >= 11 is 0. The number of benzene rings is 1. The number of nitrogens with zero attached hydrogens (tertiary/aromatic N) is 2. The average Bonchev–Trinajstić information content (AvgIpc) is 2.45. The Hall–Kier alpha value is -2.36. The molecule has 2 N–H and O–H groups in total. The van der Waals surface area contributed by atoms with Crippen LogP contribution >= 0.6 is 0 Å². The Morgan fingerprint density at radius 1 is 1.29 bits per heavy atom. The number of aryl methyl sites for hydroxylation is 1. The summed E-state index contributed by atoms with van der Waals surface area (Å²) in [5, 5.41) is 0. The number of hydrogen-bond acceptors (Lipinski definition) is 3. The van der Waals surface area contributed by atoms with Gasteiger partial charge in [0.25, 0.3) is 5.91 Å². The summed E-state index contributed by atoms with van der Waals surface area (Å²) in [6.45, 7) is 6.42. The third-order valence-corrected chi connectivity index (χ3v) is 3.42. The zero-order valence-corrected chi connectivity index (χ0v) is 12.7. The van der Waals surface area contributed by atoms with E-state index in [0.717, 1.165) is 11.3 Å². The predicted octanol–water partition coefficient (Wildman–Crippen LogP) is 3.02. The second-order valence-corrected chi connectivity index (χ2v) is 5.42. The minimum atomic E-state index is 0.00755. The van der Waals surface area contributed by atoms with Gasteiger partial charge in [0.2, 0.25) is 0 Å². The van der Waals surface area contributed by atoms with Gasteiger partial charge in [0, 0.05) is 23.5 Å². The van der Waals surface area contributed by atoms with Crippen molar-refractivity contribution >= 4 is 11.6 Å². The lowest BCUT2D eigenvalue weighted by Gasteiger charge is -2.27. The van der Waals surface area contributed by atoms with Crippen LogP contribution in [-0.2, 0) is 6.54 Å². The maximum atomic E-state index is 12.8. The van der Waals surface area contributed by atoms with Gasteiger partial charge < -0.3 is 10.6 Å². The van der Waals surface area contributed by atoms with Crippen LogP contribution in [0.3, 0.4) is 0 Å². The molecular weight excluding hydrogens is 262 g/mol. The molecule has 0 unspecified atom stereocenters. The number of carbonyl (C=O) groups is 1. The lowest BCUT2D eigenvalue weighted by atomic mass is 10.1. The molecule has 0 spiro atoms. The van der Waals surface area contributed by atoms with E-state index >= 15 is 0 Å². The zero-order valence-electron chi connectivity index (χ0n) is 12.7. The number of carbonyl (C=O) groups excluding carboxylic acids is 1. The van der Waals surface area contributed by atoms with Crippen LogP contribution in [0.15, 0.2) is 42.6 Å². The second kappa shape index (κ2) is 6.39. The molecule has 0 aliphatic heterocycles. The van der Waals surface area contributed by atoms with Crippen LogP contribution in [0.5, 0.6) is 0 Å². The molecule has 4 heteroatoms. The van der Waals surface area contributed by atoms with E-state index < -0.39 is 0 Å². The van der Waals surface area contributed by atoms with E-state index in [1.165, 1.54) is 0 Å². The van der Waals surface area contributed by atoms with Gasteiger partial charge in [-0.05, 0) is 56.7 Å². The molecule has 4 nitrogen and oxygen atoms in total. The number of nitrogen functional groups attached to an aromatic ring is 1. The quantitative estimate of drug-likeness (QED) is 0.877. The van der Waals surface area contributed by atoms with Crippen LogP contribution < -0.4 is 5.73 Å².